The molecule has 3 aliphatic rings. The zero-order valence-corrected chi connectivity index (χ0v) is 20.4. The number of carbonyl (C=O) groups excluding carboxylic acids is 3. The average molecular weight is 500 g/mol. The number of aromatic nitrogens is 2. The Morgan fingerprint density at radius 2 is 1.78 bits per heavy atom. The maximum absolute atomic E-state index is 13.5. The van der Waals surface area contributed by atoms with Crippen molar-refractivity contribution in [2.75, 3.05) is 18.4 Å². The summed E-state index contributed by atoms with van der Waals surface area (Å²) in [5, 5.41) is 9.79. The fourth-order valence-corrected chi connectivity index (χ4v) is 5.82. The molecule has 0 unspecified atom stereocenters. The number of carbonyl (C=O) groups is 3. The number of ether oxygens (including phenoxy) is 1. The molecule has 37 heavy (non-hydrogen) atoms. The van der Waals surface area contributed by atoms with Crippen LogP contribution in [0.15, 0.2) is 67.0 Å². The van der Waals surface area contributed by atoms with Crippen LogP contribution in [0.1, 0.15) is 24.8 Å². The summed E-state index contributed by atoms with van der Waals surface area (Å²) in [7, 11) is 0. The second-order valence-corrected chi connectivity index (χ2v) is 10.1. The van der Waals surface area contributed by atoms with Crippen molar-refractivity contribution in [1.82, 2.24) is 20.0 Å². The van der Waals surface area contributed by atoms with Crippen LogP contribution in [-0.4, -0.2) is 63.1 Å². The first-order valence-corrected chi connectivity index (χ1v) is 12.7. The molecule has 3 heterocycles. The fraction of sp³-hybridized carbons (Fsp3) is 0.357. The van der Waals surface area contributed by atoms with Gasteiger partial charge in [0.25, 0.3) is 0 Å². The number of fused-ring (bicyclic) bond motifs is 2. The summed E-state index contributed by atoms with van der Waals surface area (Å²) >= 11 is 0. The quantitative estimate of drug-likeness (QED) is 0.538. The summed E-state index contributed by atoms with van der Waals surface area (Å²) in [6.45, 7) is 0.851. The van der Waals surface area contributed by atoms with Crippen molar-refractivity contribution in [3.05, 3.63) is 72.6 Å². The number of benzene rings is 2. The monoisotopic (exact) mass is 499 g/mol. The standard InChI is InChI=1S/C28H29N5O4/c34-26(31-23-9-6-19(7-10-23)21-13-29-30-14-21)25-20-8-11-24(12-20)33(25)27(35)22-15-32(16-22)28(36)37-17-18-4-2-1-3-5-18/h1-7,9-10,13-14,20,22,24-25H,8,11-12,15-17H2,(H,29,30)(H,31,34)/t20-,24+,25-/m0/s1. The van der Waals surface area contributed by atoms with Crippen molar-refractivity contribution in [3.63, 3.8) is 0 Å². The van der Waals surface area contributed by atoms with Crippen LogP contribution in [0, 0.1) is 11.8 Å². The predicted octanol–water partition coefficient (Wildman–Crippen LogP) is 3.66. The first kappa shape index (κ1) is 23.3. The molecule has 190 valence electrons. The Labute approximate surface area is 214 Å². The zero-order valence-electron chi connectivity index (χ0n) is 20.4. The SMILES string of the molecule is O=C(Nc1ccc(-c2cn[nH]c2)cc1)[C@@H]1[C@H]2CC[C@H](C2)N1C(=O)C1CN(C(=O)OCc2ccccc2)C1. The number of amides is 3. The number of piperidine rings is 1. The van der Waals surface area contributed by atoms with Gasteiger partial charge in [0.15, 0.2) is 0 Å². The van der Waals surface area contributed by atoms with Gasteiger partial charge in [-0.05, 0) is 48.4 Å². The van der Waals surface area contributed by atoms with Gasteiger partial charge in [-0.15, -0.1) is 0 Å². The minimum absolute atomic E-state index is 0.0326. The van der Waals surface area contributed by atoms with Gasteiger partial charge in [-0.1, -0.05) is 42.5 Å². The first-order valence-electron chi connectivity index (χ1n) is 12.7. The maximum atomic E-state index is 13.5. The van der Waals surface area contributed by atoms with Crippen LogP contribution < -0.4 is 5.32 Å². The molecule has 3 atom stereocenters. The molecule has 2 aliphatic heterocycles. The summed E-state index contributed by atoms with van der Waals surface area (Å²) in [6, 6.07) is 16.7. The summed E-state index contributed by atoms with van der Waals surface area (Å²) in [5.74, 6) is -0.302. The van der Waals surface area contributed by atoms with Crippen molar-refractivity contribution < 1.29 is 19.1 Å². The Morgan fingerprint density at radius 1 is 1.00 bits per heavy atom. The molecule has 2 N–H and O–H groups in total. The second-order valence-electron chi connectivity index (χ2n) is 10.1. The smallest absolute Gasteiger partial charge is 0.410 e. The summed E-state index contributed by atoms with van der Waals surface area (Å²) in [6.07, 6.45) is 5.89. The normalized spacial score (nSPS) is 22.5. The predicted molar refractivity (Wildman–Crippen MR) is 136 cm³/mol. The summed E-state index contributed by atoms with van der Waals surface area (Å²) < 4.78 is 5.39. The molecule has 0 spiro atoms. The molecule has 1 aromatic heterocycles. The average Bonchev–Trinajstić information content (AvgIpc) is 3.66. The van der Waals surface area contributed by atoms with E-state index in [2.05, 4.69) is 15.5 Å². The van der Waals surface area contributed by atoms with Gasteiger partial charge >= 0.3 is 6.09 Å². The van der Waals surface area contributed by atoms with Crippen molar-refractivity contribution in [3.8, 4) is 11.1 Å². The van der Waals surface area contributed by atoms with E-state index in [1.807, 2.05) is 60.8 Å². The molecule has 2 saturated heterocycles. The zero-order chi connectivity index (χ0) is 25.4. The van der Waals surface area contributed by atoms with Gasteiger partial charge in [0.1, 0.15) is 12.6 Å². The number of rotatable bonds is 6. The Kier molecular flexibility index (Phi) is 6.12. The van der Waals surface area contributed by atoms with Gasteiger partial charge in [0.2, 0.25) is 11.8 Å². The molecule has 6 rings (SSSR count). The summed E-state index contributed by atoms with van der Waals surface area (Å²) in [5.41, 5.74) is 3.59. The Bertz CT molecular complexity index is 1270. The molecule has 1 aliphatic carbocycles. The van der Waals surface area contributed by atoms with Crippen LogP contribution >= 0.6 is 0 Å². The molecular formula is C28H29N5O4. The van der Waals surface area contributed by atoms with Gasteiger partial charge in [0.05, 0.1) is 12.1 Å². The molecule has 3 aromatic rings. The van der Waals surface area contributed by atoms with Crippen LogP contribution in [0.3, 0.4) is 0 Å². The molecule has 2 aromatic carbocycles. The highest BCUT2D eigenvalue weighted by atomic mass is 16.6. The van der Waals surface area contributed by atoms with Gasteiger partial charge in [-0.3, -0.25) is 14.7 Å². The van der Waals surface area contributed by atoms with Crippen molar-refractivity contribution in [2.45, 2.75) is 38.0 Å². The molecule has 0 radical (unpaired) electrons. The lowest BCUT2D eigenvalue weighted by Crippen LogP contribution is -2.60. The number of H-pyrrole nitrogens is 1. The first-order chi connectivity index (χ1) is 18.1. The third-order valence-electron chi connectivity index (χ3n) is 7.79. The van der Waals surface area contributed by atoms with Crippen LogP contribution in [-0.2, 0) is 20.9 Å². The van der Waals surface area contributed by atoms with Gasteiger partial charge in [0, 0.05) is 36.6 Å². The van der Waals surface area contributed by atoms with Gasteiger partial charge in [-0.25, -0.2) is 4.79 Å². The molecule has 2 bridgehead atoms. The van der Waals surface area contributed by atoms with E-state index in [4.69, 9.17) is 4.74 Å². The second kappa shape index (κ2) is 9.72. The largest absolute Gasteiger partial charge is 0.445 e. The van der Waals surface area contributed by atoms with E-state index in [-0.39, 0.29) is 36.3 Å². The van der Waals surface area contributed by atoms with Gasteiger partial charge in [-0.2, -0.15) is 5.10 Å². The van der Waals surface area contributed by atoms with Crippen LogP contribution in [0.5, 0.6) is 0 Å². The minimum Gasteiger partial charge on any atom is -0.445 e. The number of nitrogens with zero attached hydrogens (tertiary/aromatic N) is 3. The van der Waals surface area contributed by atoms with Crippen molar-refractivity contribution in [2.24, 2.45) is 11.8 Å². The van der Waals surface area contributed by atoms with E-state index in [9.17, 15) is 14.4 Å². The van der Waals surface area contributed by atoms with E-state index >= 15 is 0 Å². The number of likely N-dealkylation sites (tertiary alicyclic amines) is 2. The summed E-state index contributed by atoms with van der Waals surface area (Å²) in [4.78, 5) is 42.6. The lowest BCUT2D eigenvalue weighted by Gasteiger charge is -2.42. The maximum Gasteiger partial charge on any atom is 0.410 e. The molecular weight excluding hydrogens is 470 g/mol. The number of nitrogens with one attached hydrogen (secondary N) is 2. The van der Waals surface area contributed by atoms with Crippen LogP contribution in [0.25, 0.3) is 11.1 Å². The molecule has 9 heteroatoms. The number of hydrogen-bond acceptors (Lipinski definition) is 5. The molecule has 9 nitrogen and oxygen atoms in total. The Morgan fingerprint density at radius 3 is 2.51 bits per heavy atom. The van der Waals surface area contributed by atoms with E-state index in [0.29, 0.717) is 18.8 Å². The fourth-order valence-electron chi connectivity index (χ4n) is 5.82. The highest BCUT2D eigenvalue weighted by molar-refractivity contribution is 5.99. The molecule has 3 fully saturated rings. The van der Waals surface area contributed by atoms with E-state index < -0.39 is 12.1 Å². The number of aromatic amines is 1. The minimum atomic E-state index is -0.473. The van der Waals surface area contributed by atoms with Crippen molar-refractivity contribution >= 4 is 23.6 Å². The van der Waals surface area contributed by atoms with E-state index in [0.717, 1.165) is 36.0 Å². The molecule has 3 amide bonds. The van der Waals surface area contributed by atoms with Crippen LogP contribution in [0.4, 0.5) is 10.5 Å². The highest BCUT2D eigenvalue weighted by Gasteiger charge is 2.53. The van der Waals surface area contributed by atoms with Crippen molar-refractivity contribution in [1.29, 1.82) is 0 Å². The highest BCUT2D eigenvalue weighted by Crippen LogP contribution is 2.44. The Hall–Kier alpha value is -4.14. The van der Waals surface area contributed by atoms with Gasteiger partial charge < -0.3 is 19.9 Å². The third-order valence-corrected chi connectivity index (χ3v) is 7.79. The van der Waals surface area contributed by atoms with E-state index in [1.54, 1.807) is 16.0 Å². The number of hydrogen-bond donors (Lipinski definition) is 2. The lowest BCUT2D eigenvalue weighted by atomic mass is 9.93. The topological polar surface area (TPSA) is 108 Å². The third kappa shape index (κ3) is 4.57. The van der Waals surface area contributed by atoms with E-state index in [1.165, 1.54) is 0 Å². The lowest BCUT2D eigenvalue weighted by molar-refractivity contribution is -0.148. The number of anilines is 1. The van der Waals surface area contributed by atoms with Crippen LogP contribution in [0.2, 0.25) is 0 Å². The Balaban J connectivity index is 1.06. The molecule has 1 saturated carbocycles.